The Bertz CT molecular complexity index is 522. The van der Waals surface area contributed by atoms with Gasteiger partial charge in [0.1, 0.15) is 0 Å². The van der Waals surface area contributed by atoms with Crippen molar-refractivity contribution in [2.75, 3.05) is 5.75 Å². The van der Waals surface area contributed by atoms with E-state index in [1.807, 2.05) is 18.2 Å². The average Bonchev–Trinajstić information content (AvgIpc) is 2.42. The van der Waals surface area contributed by atoms with Crippen LogP contribution in [0.15, 0.2) is 53.4 Å². The van der Waals surface area contributed by atoms with Gasteiger partial charge in [0.05, 0.1) is 6.10 Å². The summed E-state index contributed by atoms with van der Waals surface area (Å²) in [6, 6.07) is 16.6. The molecule has 1 unspecified atom stereocenters. The Morgan fingerprint density at radius 2 is 1.79 bits per heavy atom. The molecule has 100 valence electrons. The number of benzene rings is 2. The van der Waals surface area contributed by atoms with Gasteiger partial charge in [0.2, 0.25) is 0 Å². The Hall–Kier alpha value is -1.25. The third-order valence-corrected chi connectivity index (χ3v) is 4.30. The zero-order valence-corrected chi connectivity index (χ0v) is 12.3. The van der Waals surface area contributed by atoms with Gasteiger partial charge in [0.25, 0.3) is 0 Å². The highest BCUT2D eigenvalue weighted by Crippen LogP contribution is 2.20. The fraction of sp³-hybridized carbons (Fsp3) is 0.294. The van der Waals surface area contributed by atoms with Crippen molar-refractivity contribution >= 4 is 11.8 Å². The van der Waals surface area contributed by atoms with E-state index < -0.39 is 0 Å². The molecule has 0 bridgehead atoms. The van der Waals surface area contributed by atoms with Crippen LogP contribution in [0.5, 0.6) is 0 Å². The molecule has 0 saturated heterocycles. The first-order valence-electron chi connectivity index (χ1n) is 6.57. The average molecular weight is 272 g/mol. The first-order valence-corrected chi connectivity index (χ1v) is 7.56. The van der Waals surface area contributed by atoms with Crippen LogP contribution >= 0.6 is 11.8 Å². The van der Waals surface area contributed by atoms with E-state index in [-0.39, 0.29) is 6.10 Å². The van der Waals surface area contributed by atoms with Crippen molar-refractivity contribution in [3.63, 3.8) is 0 Å². The van der Waals surface area contributed by atoms with Crippen LogP contribution < -0.4 is 0 Å². The van der Waals surface area contributed by atoms with Gasteiger partial charge in [-0.2, -0.15) is 0 Å². The minimum absolute atomic E-state index is 0.300. The summed E-state index contributed by atoms with van der Waals surface area (Å²) < 4.78 is 0. The Balaban J connectivity index is 1.90. The van der Waals surface area contributed by atoms with Crippen molar-refractivity contribution < 1.29 is 5.11 Å². The third-order valence-electron chi connectivity index (χ3n) is 3.15. The van der Waals surface area contributed by atoms with Crippen molar-refractivity contribution in [3.05, 3.63) is 65.2 Å². The summed E-state index contributed by atoms with van der Waals surface area (Å²) in [6.07, 6.45) is 0.429. The van der Waals surface area contributed by atoms with Crippen LogP contribution in [0, 0.1) is 13.8 Å². The van der Waals surface area contributed by atoms with Gasteiger partial charge in [0, 0.05) is 10.6 Å². The smallest absolute Gasteiger partial charge is 0.0674 e. The van der Waals surface area contributed by atoms with Crippen molar-refractivity contribution in [1.82, 2.24) is 0 Å². The van der Waals surface area contributed by atoms with Crippen LogP contribution in [0.4, 0.5) is 0 Å². The van der Waals surface area contributed by atoms with Crippen LogP contribution in [0.25, 0.3) is 0 Å². The molecule has 0 aliphatic heterocycles. The third kappa shape index (κ3) is 4.41. The van der Waals surface area contributed by atoms with Gasteiger partial charge in [-0.3, -0.25) is 0 Å². The first kappa shape index (κ1) is 14.2. The summed E-state index contributed by atoms with van der Waals surface area (Å²) in [4.78, 5) is 1.21. The number of hydrogen-bond donors (Lipinski definition) is 1. The minimum Gasteiger partial charge on any atom is -0.392 e. The van der Waals surface area contributed by atoms with E-state index in [1.54, 1.807) is 11.8 Å². The van der Waals surface area contributed by atoms with E-state index in [4.69, 9.17) is 0 Å². The summed E-state index contributed by atoms with van der Waals surface area (Å²) in [6.45, 7) is 4.19. The highest BCUT2D eigenvalue weighted by molar-refractivity contribution is 7.99. The maximum atomic E-state index is 10.2. The Morgan fingerprint density at radius 3 is 2.53 bits per heavy atom. The molecule has 1 nitrogen and oxygen atoms in total. The topological polar surface area (TPSA) is 20.2 Å². The predicted octanol–water partition coefficient (Wildman–Crippen LogP) is 4.00. The molecule has 19 heavy (non-hydrogen) atoms. The maximum absolute atomic E-state index is 10.2. The highest BCUT2D eigenvalue weighted by Gasteiger charge is 2.08. The number of aryl methyl sites for hydroxylation is 2. The molecule has 1 N–H and O–H groups in total. The van der Waals surface area contributed by atoms with Crippen molar-refractivity contribution in [1.29, 1.82) is 0 Å². The fourth-order valence-corrected chi connectivity index (χ4v) is 2.89. The standard InChI is InChI=1S/C17H20OS/c1-13-8-9-14(2)15(10-13)11-16(18)12-19-17-6-4-3-5-7-17/h3-10,16,18H,11-12H2,1-2H3. The fourth-order valence-electron chi connectivity index (χ4n) is 2.04. The lowest BCUT2D eigenvalue weighted by molar-refractivity contribution is 0.200. The van der Waals surface area contributed by atoms with E-state index in [0.717, 1.165) is 12.2 Å². The number of aliphatic hydroxyl groups is 1. The molecule has 0 aromatic heterocycles. The molecular weight excluding hydrogens is 252 g/mol. The monoisotopic (exact) mass is 272 g/mol. The SMILES string of the molecule is Cc1ccc(C)c(CC(O)CSc2ccccc2)c1. The van der Waals surface area contributed by atoms with E-state index in [2.05, 4.69) is 44.2 Å². The van der Waals surface area contributed by atoms with Crippen molar-refractivity contribution in [2.45, 2.75) is 31.3 Å². The van der Waals surface area contributed by atoms with Gasteiger partial charge < -0.3 is 5.11 Å². The van der Waals surface area contributed by atoms with Gasteiger partial charge in [-0.05, 0) is 43.5 Å². The van der Waals surface area contributed by atoms with Crippen LogP contribution in [0.1, 0.15) is 16.7 Å². The molecule has 2 heteroatoms. The second kappa shape index (κ2) is 6.78. The number of hydrogen-bond acceptors (Lipinski definition) is 2. The lowest BCUT2D eigenvalue weighted by atomic mass is 10.0. The molecule has 0 aliphatic rings. The minimum atomic E-state index is -0.300. The van der Waals surface area contributed by atoms with Crippen LogP contribution in [0.3, 0.4) is 0 Å². The largest absolute Gasteiger partial charge is 0.392 e. The summed E-state index contributed by atoms with van der Waals surface area (Å²) in [5.74, 6) is 0.734. The molecule has 0 heterocycles. The number of thioether (sulfide) groups is 1. The van der Waals surface area contributed by atoms with Crippen molar-refractivity contribution in [3.8, 4) is 0 Å². The van der Waals surface area contributed by atoms with E-state index in [0.29, 0.717) is 0 Å². The molecule has 2 rings (SSSR count). The summed E-state index contributed by atoms with van der Waals surface area (Å²) >= 11 is 1.71. The zero-order chi connectivity index (χ0) is 13.7. The van der Waals surface area contributed by atoms with Crippen LogP contribution in [-0.4, -0.2) is 17.0 Å². The molecular formula is C17H20OS. The Kier molecular flexibility index (Phi) is 5.06. The second-order valence-electron chi connectivity index (χ2n) is 4.91. The molecule has 0 amide bonds. The van der Waals surface area contributed by atoms with Crippen LogP contribution in [0.2, 0.25) is 0 Å². The Labute approximate surface area is 119 Å². The molecule has 0 radical (unpaired) electrons. The normalized spacial score (nSPS) is 12.4. The quantitative estimate of drug-likeness (QED) is 0.830. The van der Waals surface area contributed by atoms with E-state index in [1.165, 1.54) is 21.6 Å². The summed E-state index contributed by atoms with van der Waals surface area (Å²) in [7, 11) is 0. The van der Waals surface area contributed by atoms with Gasteiger partial charge in [-0.15, -0.1) is 11.8 Å². The first-order chi connectivity index (χ1) is 9.15. The lowest BCUT2D eigenvalue weighted by Gasteiger charge is -2.13. The molecule has 2 aromatic rings. The van der Waals surface area contributed by atoms with Crippen LogP contribution in [-0.2, 0) is 6.42 Å². The lowest BCUT2D eigenvalue weighted by Crippen LogP contribution is -2.14. The van der Waals surface area contributed by atoms with Gasteiger partial charge in [0.15, 0.2) is 0 Å². The van der Waals surface area contributed by atoms with Gasteiger partial charge in [-0.1, -0.05) is 42.0 Å². The molecule has 2 aromatic carbocycles. The zero-order valence-electron chi connectivity index (χ0n) is 11.5. The predicted molar refractivity (Wildman–Crippen MR) is 82.8 cm³/mol. The van der Waals surface area contributed by atoms with E-state index >= 15 is 0 Å². The molecule has 0 spiro atoms. The van der Waals surface area contributed by atoms with Crippen molar-refractivity contribution in [2.24, 2.45) is 0 Å². The molecule has 1 atom stereocenters. The highest BCUT2D eigenvalue weighted by atomic mass is 32.2. The van der Waals surface area contributed by atoms with Gasteiger partial charge in [-0.25, -0.2) is 0 Å². The maximum Gasteiger partial charge on any atom is 0.0674 e. The summed E-state index contributed by atoms with van der Waals surface area (Å²) in [5.41, 5.74) is 3.76. The number of rotatable bonds is 5. The molecule has 0 fully saturated rings. The van der Waals surface area contributed by atoms with E-state index in [9.17, 15) is 5.11 Å². The van der Waals surface area contributed by atoms with Gasteiger partial charge >= 0.3 is 0 Å². The summed E-state index contributed by atoms with van der Waals surface area (Å²) in [5, 5.41) is 10.2. The molecule has 0 saturated carbocycles. The second-order valence-corrected chi connectivity index (χ2v) is 6.01. The number of aliphatic hydroxyl groups excluding tert-OH is 1. The Morgan fingerprint density at radius 1 is 1.05 bits per heavy atom. The molecule has 0 aliphatic carbocycles.